The fourth-order valence-electron chi connectivity index (χ4n) is 2.23. The average Bonchev–Trinajstić information content (AvgIpc) is 2.36. The molecule has 1 aliphatic rings. The van der Waals surface area contributed by atoms with Gasteiger partial charge in [-0.05, 0) is 45.2 Å². The van der Waals surface area contributed by atoms with Gasteiger partial charge in [0.1, 0.15) is 11.4 Å². The van der Waals surface area contributed by atoms with Crippen molar-refractivity contribution in [2.24, 2.45) is 0 Å². The Hall–Kier alpha value is -1.62. The number of aryl methyl sites for hydroxylation is 1. The second-order valence-electron chi connectivity index (χ2n) is 5.99. The van der Waals surface area contributed by atoms with Crippen molar-refractivity contribution in [1.82, 2.24) is 4.98 Å². The summed E-state index contributed by atoms with van der Waals surface area (Å²) in [5.41, 5.74) is 1.34. The maximum absolute atomic E-state index is 12.3. The molecule has 0 saturated carbocycles. The standard InChI is InChI=1S/C15H22N2O3/c1-15(2,3)20-14(19)17-9-4-5-11-6-7-12(8-10-18)16-13(11)17/h6-7,18H,4-5,8-10H2,1-3H3. The number of aliphatic hydroxyl groups excluding tert-OH is 1. The Morgan fingerprint density at radius 1 is 1.45 bits per heavy atom. The van der Waals surface area contributed by atoms with Gasteiger partial charge in [0, 0.05) is 25.3 Å². The molecule has 0 saturated heterocycles. The van der Waals surface area contributed by atoms with Crippen LogP contribution in [0.15, 0.2) is 12.1 Å². The smallest absolute Gasteiger partial charge is 0.416 e. The third-order valence-corrected chi connectivity index (χ3v) is 3.08. The van der Waals surface area contributed by atoms with Gasteiger partial charge in [-0.2, -0.15) is 0 Å². The quantitative estimate of drug-likeness (QED) is 0.901. The minimum absolute atomic E-state index is 0.0538. The van der Waals surface area contributed by atoms with Crippen LogP contribution in [0.5, 0.6) is 0 Å². The summed E-state index contributed by atoms with van der Waals surface area (Å²) in [7, 11) is 0. The Morgan fingerprint density at radius 2 is 2.20 bits per heavy atom. The van der Waals surface area contributed by atoms with Crippen LogP contribution in [0.2, 0.25) is 0 Å². The predicted molar refractivity (Wildman–Crippen MR) is 76.9 cm³/mol. The highest BCUT2D eigenvalue weighted by molar-refractivity contribution is 5.88. The number of rotatable bonds is 2. The lowest BCUT2D eigenvalue weighted by molar-refractivity contribution is 0.0576. The molecule has 2 rings (SSSR count). The molecule has 0 spiro atoms. The molecule has 0 radical (unpaired) electrons. The van der Waals surface area contributed by atoms with Gasteiger partial charge in [-0.25, -0.2) is 9.78 Å². The van der Waals surface area contributed by atoms with Gasteiger partial charge < -0.3 is 9.84 Å². The summed E-state index contributed by atoms with van der Waals surface area (Å²) in [6.45, 7) is 6.23. The van der Waals surface area contributed by atoms with Gasteiger partial charge in [-0.1, -0.05) is 6.07 Å². The highest BCUT2D eigenvalue weighted by Gasteiger charge is 2.28. The van der Waals surface area contributed by atoms with Crippen LogP contribution in [0.4, 0.5) is 10.6 Å². The van der Waals surface area contributed by atoms with E-state index in [-0.39, 0.29) is 12.7 Å². The summed E-state index contributed by atoms with van der Waals surface area (Å²) < 4.78 is 5.43. The molecule has 0 unspecified atom stereocenters. The van der Waals surface area contributed by atoms with Crippen LogP contribution < -0.4 is 4.90 Å². The lowest BCUT2D eigenvalue weighted by Crippen LogP contribution is -2.40. The maximum Gasteiger partial charge on any atom is 0.416 e. The van der Waals surface area contributed by atoms with Crippen LogP contribution in [0, 0.1) is 0 Å². The Balaban J connectivity index is 2.26. The topological polar surface area (TPSA) is 62.7 Å². The summed E-state index contributed by atoms with van der Waals surface area (Å²) in [6, 6.07) is 3.90. The number of carbonyl (C=O) groups is 1. The molecule has 1 aromatic heterocycles. The Morgan fingerprint density at radius 3 is 2.85 bits per heavy atom. The van der Waals surface area contributed by atoms with Gasteiger partial charge in [0.05, 0.1) is 0 Å². The molecule has 0 atom stereocenters. The summed E-state index contributed by atoms with van der Waals surface area (Å²) in [4.78, 5) is 18.4. The lowest BCUT2D eigenvalue weighted by atomic mass is 10.1. The van der Waals surface area contributed by atoms with Crippen LogP contribution in [-0.2, 0) is 17.6 Å². The highest BCUT2D eigenvalue weighted by Crippen LogP contribution is 2.27. The van der Waals surface area contributed by atoms with E-state index in [0.717, 1.165) is 24.1 Å². The molecule has 110 valence electrons. The fraction of sp³-hybridized carbons (Fsp3) is 0.600. The lowest BCUT2D eigenvalue weighted by Gasteiger charge is -2.31. The van der Waals surface area contributed by atoms with Crippen LogP contribution in [0.1, 0.15) is 38.4 Å². The zero-order chi connectivity index (χ0) is 14.8. The van der Waals surface area contributed by atoms with Gasteiger partial charge in [-0.3, -0.25) is 4.90 Å². The number of nitrogens with zero attached hydrogens (tertiary/aromatic N) is 2. The van der Waals surface area contributed by atoms with Crippen molar-refractivity contribution in [3.63, 3.8) is 0 Å². The van der Waals surface area contributed by atoms with Gasteiger partial charge in [0.15, 0.2) is 0 Å². The number of anilines is 1. The zero-order valence-electron chi connectivity index (χ0n) is 12.3. The molecule has 5 heteroatoms. The molecule has 1 N–H and O–H groups in total. The van der Waals surface area contributed by atoms with E-state index in [1.807, 2.05) is 32.9 Å². The molecule has 20 heavy (non-hydrogen) atoms. The largest absolute Gasteiger partial charge is 0.443 e. The summed E-state index contributed by atoms with van der Waals surface area (Å²) in [5, 5.41) is 9.01. The van der Waals surface area contributed by atoms with E-state index in [1.54, 1.807) is 4.90 Å². The monoisotopic (exact) mass is 278 g/mol. The third kappa shape index (κ3) is 3.48. The number of hydrogen-bond acceptors (Lipinski definition) is 4. The van der Waals surface area contributed by atoms with E-state index in [2.05, 4.69) is 4.98 Å². The van der Waals surface area contributed by atoms with Crippen LogP contribution in [-0.4, -0.2) is 34.9 Å². The Bertz CT molecular complexity index is 494. The predicted octanol–water partition coefficient (Wildman–Crippen LogP) is 2.30. The number of aromatic nitrogens is 1. The maximum atomic E-state index is 12.3. The summed E-state index contributed by atoms with van der Waals surface area (Å²) in [5.74, 6) is 0.677. The van der Waals surface area contributed by atoms with Crippen molar-refractivity contribution >= 4 is 11.9 Å². The van der Waals surface area contributed by atoms with Crippen molar-refractivity contribution in [2.45, 2.75) is 45.6 Å². The van der Waals surface area contributed by atoms with Crippen molar-refractivity contribution in [3.8, 4) is 0 Å². The van der Waals surface area contributed by atoms with E-state index in [0.29, 0.717) is 18.8 Å². The van der Waals surface area contributed by atoms with E-state index in [9.17, 15) is 4.79 Å². The minimum atomic E-state index is -0.516. The molecule has 2 heterocycles. The molecule has 0 aromatic carbocycles. The van der Waals surface area contributed by atoms with Crippen molar-refractivity contribution < 1.29 is 14.6 Å². The number of ether oxygens (including phenoxy) is 1. The number of carbonyl (C=O) groups excluding carboxylic acids is 1. The first-order chi connectivity index (χ1) is 9.40. The number of aliphatic hydroxyl groups is 1. The van der Waals surface area contributed by atoms with Crippen LogP contribution >= 0.6 is 0 Å². The van der Waals surface area contributed by atoms with E-state index < -0.39 is 5.60 Å². The van der Waals surface area contributed by atoms with E-state index in [1.165, 1.54) is 0 Å². The Labute approximate surface area is 119 Å². The minimum Gasteiger partial charge on any atom is -0.443 e. The van der Waals surface area contributed by atoms with Crippen molar-refractivity contribution in [3.05, 3.63) is 23.4 Å². The second-order valence-corrected chi connectivity index (χ2v) is 5.99. The van der Waals surface area contributed by atoms with Crippen LogP contribution in [0.25, 0.3) is 0 Å². The highest BCUT2D eigenvalue weighted by atomic mass is 16.6. The third-order valence-electron chi connectivity index (χ3n) is 3.08. The molecule has 1 amide bonds. The number of fused-ring (bicyclic) bond motifs is 1. The van der Waals surface area contributed by atoms with Gasteiger partial charge in [0.25, 0.3) is 0 Å². The molecule has 5 nitrogen and oxygen atoms in total. The molecular weight excluding hydrogens is 256 g/mol. The second kappa shape index (κ2) is 5.79. The first kappa shape index (κ1) is 14.8. The summed E-state index contributed by atoms with van der Waals surface area (Å²) >= 11 is 0. The number of pyridine rings is 1. The molecule has 0 aliphatic carbocycles. The molecule has 0 bridgehead atoms. The van der Waals surface area contributed by atoms with Crippen molar-refractivity contribution in [2.75, 3.05) is 18.1 Å². The SMILES string of the molecule is CC(C)(C)OC(=O)N1CCCc2ccc(CCO)nc21. The van der Waals surface area contributed by atoms with E-state index >= 15 is 0 Å². The van der Waals surface area contributed by atoms with E-state index in [4.69, 9.17) is 9.84 Å². The number of hydrogen-bond donors (Lipinski definition) is 1. The number of amides is 1. The first-order valence-electron chi connectivity index (χ1n) is 7.01. The molecule has 0 fully saturated rings. The fourth-order valence-corrected chi connectivity index (χ4v) is 2.23. The first-order valence-corrected chi connectivity index (χ1v) is 7.01. The molecule has 1 aromatic rings. The van der Waals surface area contributed by atoms with Gasteiger partial charge >= 0.3 is 6.09 Å². The molecular formula is C15H22N2O3. The van der Waals surface area contributed by atoms with Gasteiger partial charge in [-0.15, -0.1) is 0 Å². The normalized spacial score (nSPS) is 14.9. The summed E-state index contributed by atoms with van der Waals surface area (Å²) in [6.07, 6.45) is 1.97. The zero-order valence-corrected chi connectivity index (χ0v) is 12.3. The Kier molecular flexibility index (Phi) is 4.28. The van der Waals surface area contributed by atoms with Crippen LogP contribution in [0.3, 0.4) is 0 Å². The average molecular weight is 278 g/mol. The van der Waals surface area contributed by atoms with Gasteiger partial charge in [0.2, 0.25) is 0 Å². The molecule has 1 aliphatic heterocycles. The van der Waals surface area contributed by atoms with Crippen molar-refractivity contribution in [1.29, 1.82) is 0 Å².